The van der Waals surface area contributed by atoms with E-state index < -0.39 is 11.4 Å². The summed E-state index contributed by atoms with van der Waals surface area (Å²) in [5, 5.41) is 12.1. The highest BCUT2D eigenvalue weighted by Gasteiger charge is 2.49. The maximum absolute atomic E-state index is 11.0. The molecule has 1 saturated carbocycles. The van der Waals surface area contributed by atoms with Crippen LogP contribution in [0, 0.1) is 5.41 Å². The third kappa shape index (κ3) is 0.838. The van der Waals surface area contributed by atoms with E-state index in [-0.39, 0.29) is 0 Å². The number of aliphatic carboxylic acids is 1. The van der Waals surface area contributed by atoms with Gasteiger partial charge < -0.3 is 10.4 Å². The lowest BCUT2D eigenvalue weighted by molar-refractivity contribution is -0.148. The van der Waals surface area contributed by atoms with Crippen molar-refractivity contribution in [1.82, 2.24) is 5.32 Å². The molecule has 66 valence electrons. The van der Waals surface area contributed by atoms with Gasteiger partial charge in [-0.05, 0) is 12.8 Å². The maximum Gasteiger partial charge on any atom is 0.317 e. The number of carboxylic acid groups (broad SMARTS) is 1. The van der Waals surface area contributed by atoms with Crippen LogP contribution in [-0.2, 0) is 4.79 Å². The molecule has 0 aromatic carbocycles. The van der Waals surface area contributed by atoms with Crippen LogP contribution in [-0.4, -0.2) is 30.0 Å². The molecule has 12 heavy (non-hydrogen) atoms. The average Bonchev–Trinajstić information content (AvgIpc) is 2.35. The summed E-state index contributed by atoms with van der Waals surface area (Å²) in [6, 6.07) is 0. The summed E-state index contributed by atoms with van der Waals surface area (Å²) in [7, 11) is 0. The van der Waals surface area contributed by atoms with Gasteiger partial charge in [0.2, 0.25) is 0 Å². The average molecular weight is 168 g/mol. The first kappa shape index (κ1) is 7.58. The summed E-state index contributed by atoms with van der Waals surface area (Å²) < 4.78 is 0. The Bertz CT molecular complexity index is 243. The number of nitrogens with zero attached hydrogens (tertiary/aromatic N) is 1. The number of carbonyl (C=O) groups is 1. The van der Waals surface area contributed by atoms with Gasteiger partial charge in [-0.15, -0.1) is 0 Å². The van der Waals surface area contributed by atoms with Crippen LogP contribution in [0.15, 0.2) is 4.99 Å². The molecule has 2 rings (SSSR count). The van der Waals surface area contributed by atoms with Crippen LogP contribution in [0.2, 0.25) is 0 Å². The van der Waals surface area contributed by atoms with Crippen molar-refractivity contribution in [3.8, 4) is 0 Å². The second kappa shape index (κ2) is 2.47. The van der Waals surface area contributed by atoms with Crippen LogP contribution in [0.3, 0.4) is 0 Å². The molecule has 2 N–H and O–H groups in total. The van der Waals surface area contributed by atoms with E-state index >= 15 is 0 Å². The van der Waals surface area contributed by atoms with E-state index in [1.807, 2.05) is 0 Å². The molecule has 0 unspecified atom stereocenters. The van der Waals surface area contributed by atoms with Gasteiger partial charge in [0, 0.05) is 6.54 Å². The summed E-state index contributed by atoms with van der Waals surface area (Å²) in [5.41, 5.74) is -0.642. The quantitative estimate of drug-likeness (QED) is 0.621. The van der Waals surface area contributed by atoms with E-state index in [4.69, 9.17) is 5.11 Å². The van der Waals surface area contributed by atoms with Crippen molar-refractivity contribution in [3.63, 3.8) is 0 Å². The Morgan fingerprint density at radius 1 is 1.58 bits per heavy atom. The van der Waals surface area contributed by atoms with Crippen LogP contribution < -0.4 is 5.32 Å². The van der Waals surface area contributed by atoms with Gasteiger partial charge in [0.25, 0.3) is 0 Å². The number of nitrogens with one attached hydrogen (secondary N) is 1. The molecule has 4 heteroatoms. The molecule has 0 atom stereocenters. The molecule has 0 spiro atoms. The van der Waals surface area contributed by atoms with E-state index in [2.05, 4.69) is 10.3 Å². The maximum atomic E-state index is 11.0. The summed E-state index contributed by atoms with van der Waals surface area (Å²) >= 11 is 0. The Morgan fingerprint density at radius 2 is 2.33 bits per heavy atom. The summed E-state index contributed by atoms with van der Waals surface area (Å²) in [6.07, 6.45) is 2.50. The molecule has 0 radical (unpaired) electrons. The zero-order chi connectivity index (χ0) is 8.60. The lowest BCUT2D eigenvalue weighted by Crippen LogP contribution is -2.49. The minimum atomic E-state index is -0.720. The first-order valence-corrected chi connectivity index (χ1v) is 4.28. The van der Waals surface area contributed by atoms with Crippen molar-refractivity contribution in [2.45, 2.75) is 19.3 Å². The van der Waals surface area contributed by atoms with Gasteiger partial charge >= 0.3 is 5.97 Å². The van der Waals surface area contributed by atoms with Gasteiger partial charge in [-0.1, -0.05) is 6.42 Å². The predicted molar refractivity (Wildman–Crippen MR) is 44.2 cm³/mol. The number of aliphatic imine (C=N–C) groups is 1. The molecule has 1 aliphatic carbocycles. The second-order valence-corrected chi connectivity index (χ2v) is 3.40. The standard InChI is InChI=1S/C8H12N2O2/c11-7(12)8(2-1-3-8)6-9-4-5-10-6/h1-5H2,(H,9,10)(H,11,12). The third-order valence-corrected chi connectivity index (χ3v) is 2.74. The Labute approximate surface area is 70.7 Å². The number of hydrogen-bond donors (Lipinski definition) is 2. The normalized spacial score (nSPS) is 25.5. The van der Waals surface area contributed by atoms with Crippen molar-refractivity contribution in [1.29, 1.82) is 0 Å². The van der Waals surface area contributed by atoms with Crippen molar-refractivity contribution in [2.24, 2.45) is 10.4 Å². The molecule has 1 heterocycles. The Kier molecular flexibility index (Phi) is 1.56. The van der Waals surface area contributed by atoms with Gasteiger partial charge in [-0.25, -0.2) is 0 Å². The Morgan fingerprint density at radius 3 is 2.67 bits per heavy atom. The highest BCUT2D eigenvalue weighted by Crippen LogP contribution is 2.42. The van der Waals surface area contributed by atoms with Crippen LogP contribution in [0.5, 0.6) is 0 Å². The lowest BCUT2D eigenvalue weighted by atomic mass is 9.68. The summed E-state index contributed by atoms with van der Waals surface area (Å²) in [5.74, 6) is -0.0110. The molecule has 4 nitrogen and oxygen atoms in total. The van der Waals surface area contributed by atoms with Crippen LogP contribution in [0.25, 0.3) is 0 Å². The van der Waals surface area contributed by atoms with E-state index in [1.165, 1.54) is 0 Å². The van der Waals surface area contributed by atoms with E-state index in [1.54, 1.807) is 0 Å². The number of hydrogen-bond acceptors (Lipinski definition) is 3. The SMILES string of the molecule is O=C(O)C1(C2=NCCN2)CCC1. The van der Waals surface area contributed by atoms with E-state index in [9.17, 15) is 4.79 Å². The second-order valence-electron chi connectivity index (χ2n) is 3.40. The molecule has 1 fully saturated rings. The van der Waals surface area contributed by atoms with Crippen molar-refractivity contribution in [2.75, 3.05) is 13.1 Å². The highest BCUT2D eigenvalue weighted by molar-refractivity contribution is 6.06. The molecule has 0 bridgehead atoms. The number of amidine groups is 1. The smallest absolute Gasteiger partial charge is 0.317 e. The zero-order valence-corrected chi connectivity index (χ0v) is 6.84. The van der Waals surface area contributed by atoms with Crippen molar-refractivity contribution in [3.05, 3.63) is 0 Å². The predicted octanol–water partition coefficient (Wildman–Crippen LogP) is 0.243. The minimum Gasteiger partial charge on any atom is -0.480 e. The van der Waals surface area contributed by atoms with Gasteiger partial charge in [0.1, 0.15) is 11.3 Å². The Balaban J connectivity index is 2.22. The fraction of sp³-hybridized carbons (Fsp3) is 0.750. The third-order valence-electron chi connectivity index (χ3n) is 2.74. The zero-order valence-electron chi connectivity index (χ0n) is 6.84. The molecule has 0 amide bonds. The van der Waals surface area contributed by atoms with E-state index in [0.29, 0.717) is 5.84 Å². The molecule has 0 aromatic rings. The molecule has 0 aromatic heterocycles. The van der Waals surface area contributed by atoms with Crippen molar-refractivity contribution >= 4 is 11.8 Å². The first-order chi connectivity index (χ1) is 5.76. The molecular weight excluding hydrogens is 156 g/mol. The largest absolute Gasteiger partial charge is 0.480 e. The molecule has 2 aliphatic rings. The minimum absolute atomic E-state index is 0.642. The molecule has 1 aliphatic heterocycles. The molecular formula is C8H12N2O2. The van der Waals surface area contributed by atoms with Gasteiger partial charge in [-0.3, -0.25) is 9.79 Å². The molecule has 0 saturated heterocycles. The van der Waals surface area contributed by atoms with Crippen LogP contribution in [0.1, 0.15) is 19.3 Å². The fourth-order valence-electron chi connectivity index (χ4n) is 1.80. The van der Waals surface area contributed by atoms with Crippen LogP contribution in [0.4, 0.5) is 0 Å². The van der Waals surface area contributed by atoms with Crippen molar-refractivity contribution < 1.29 is 9.90 Å². The van der Waals surface area contributed by atoms with E-state index in [0.717, 1.165) is 32.4 Å². The van der Waals surface area contributed by atoms with Gasteiger partial charge in [-0.2, -0.15) is 0 Å². The highest BCUT2D eigenvalue weighted by atomic mass is 16.4. The van der Waals surface area contributed by atoms with Gasteiger partial charge in [0.05, 0.1) is 6.54 Å². The van der Waals surface area contributed by atoms with Crippen LogP contribution >= 0.6 is 0 Å². The number of rotatable bonds is 2. The fourth-order valence-corrected chi connectivity index (χ4v) is 1.80. The lowest BCUT2D eigenvalue weighted by Gasteiger charge is -2.37. The monoisotopic (exact) mass is 168 g/mol. The Hall–Kier alpha value is -1.06. The topological polar surface area (TPSA) is 61.7 Å². The van der Waals surface area contributed by atoms with Gasteiger partial charge in [0.15, 0.2) is 0 Å². The number of carboxylic acids is 1. The summed E-state index contributed by atoms with van der Waals surface area (Å²) in [6.45, 7) is 1.52. The summed E-state index contributed by atoms with van der Waals surface area (Å²) in [4.78, 5) is 15.1. The first-order valence-electron chi connectivity index (χ1n) is 4.28.